The molecule has 2 aromatic rings. The van der Waals surface area contributed by atoms with Crippen molar-refractivity contribution in [2.75, 3.05) is 19.5 Å². The van der Waals surface area contributed by atoms with E-state index in [0.29, 0.717) is 5.00 Å². The Morgan fingerprint density at radius 1 is 1.42 bits per heavy atom. The number of carbonyl (C=O) groups excluding carboxylic acids is 2. The topological polar surface area (TPSA) is 90.7 Å². The highest BCUT2D eigenvalue weighted by molar-refractivity contribution is 7.14. The Morgan fingerprint density at radius 3 is 2.84 bits per heavy atom. The maximum atomic E-state index is 11.9. The van der Waals surface area contributed by atoms with Crippen molar-refractivity contribution in [3.8, 4) is 5.88 Å². The van der Waals surface area contributed by atoms with E-state index in [2.05, 4.69) is 15.2 Å². The Kier molecular flexibility index (Phi) is 3.81. The van der Waals surface area contributed by atoms with Gasteiger partial charge in [0.05, 0.1) is 25.8 Å². The fourth-order valence-corrected chi connectivity index (χ4v) is 2.07. The summed E-state index contributed by atoms with van der Waals surface area (Å²) in [6, 6.07) is 2.91. The van der Waals surface area contributed by atoms with Crippen LogP contribution in [0.1, 0.15) is 20.9 Å². The van der Waals surface area contributed by atoms with Crippen LogP contribution in [-0.4, -0.2) is 31.3 Å². The molecule has 8 heteroatoms. The first-order valence-corrected chi connectivity index (χ1v) is 6.01. The predicted octanol–water partition coefficient (Wildman–Crippen LogP) is 1.78. The molecule has 0 aliphatic rings. The fraction of sp³-hybridized carbons (Fsp3) is 0.182. The van der Waals surface area contributed by atoms with E-state index < -0.39 is 11.9 Å². The molecule has 2 heterocycles. The van der Waals surface area contributed by atoms with Gasteiger partial charge in [-0.1, -0.05) is 0 Å². The third kappa shape index (κ3) is 2.74. The van der Waals surface area contributed by atoms with E-state index in [4.69, 9.17) is 9.26 Å². The zero-order chi connectivity index (χ0) is 13.8. The largest absolute Gasteiger partial charge is 0.479 e. The Bertz CT molecular complexity index is 604. The summed E-state index contributed by atoms with van der Waals surface area (Å²) in [6.07, 6.45) is 0. The Morgan fingerprint density at radius 2 is 2.21 bits per heavy atom. The van der Waals surface area contributed by atoms with E-state index in [-0.39, 0.29) is 17.2 Å². The molecule has 0 fully saturated rings. The molecule has 0 saturated carbocycles. The smallest absolute Gasteiger partial charge is 0.340 e. The number of thiophene rings is 1. The van der Waals surface area contributed by atoms with Crippen LogP contribution in [0.4, 0.5) is 5.00 Å². The van der Waals surface area contributed by atoms with Gasteiger partial charge in [0, 0.05) is 0 Å². The molecule has 1 N–H and O–H groups in total. The van der Waals surface area contributed by atoms with Crippen molar-refractivity contribution in [1.29, 1.82) is 0 Å². The van der Waals surface area contributed by atoms with Gasteiger partial charge in [0.2, 0.25) is 5.76 Å². The molecular formula is C11H10N2O5S. The number of carbonyl (C=O) groups is 2. The first-order chi connectivity index (χ1) is 9.15. The van der Waals surface area contributed by atoms with Crippen LogP contribution >= 0.6 is 11.3 Å². The van der Waals surface area contributed by atoms with Crippen LogP contribution in [0.3, 0.4) is 0 Å². The molecule has 1 amide bonds. The SMILES string of the molecule is COC(=O)c1ccsc1NC(=O)c1cc(OC)no1. The first kappa shape index (κ1) is 13.1. The second-order valence-electron chi connectivity index (χ2n) is 3.34. The number of rotatable bonds is 4. The van der Waals surface area contributed by atoms with E-state index in [1.807, 2.05) is 0 Å². The summed E-state index contributed by atoms with van der Waals surface area (Å²) in [7, 11) is 2.68. The van der Waals surface area contributed by atoms with Crippen molar-refractivity contribution < 1.29 is 23.6 Å². The lowest BCUT2D eigenvalue weighted by Gasteiger charge is -2.02. The maximum absolute atomic E-state index is 11.9. The summed E-state index contributed by atoms with van der Waals surface area (Å²) in [6.45, 7) is 0. The minimum atomic E-state index is -0.525. The predicted molar refractivity (Wildman–Crippen MR) is 66.7 cm³/mol. The van der Waals surface area contributed by atoms with E-state index >= 15 is 0 Å². The normalized spacial score (nSPS) is 10.0. The second-order valence-corrected chi connectivity index (χ2v) is 4.26. The van der Waals surface area contributed by atoms with Crippen LogP contribution in [0.15, 0.2) is 22.0 Å². The highest BCUT2D eigenvalue weighted by Gasteiger charge is 2.19. The summed E-state index contributed by atoms with van der Waals surface area (Å²) in [5, 5.41) is 8.11. The number of amides is 1. The number of esters is 1. The maximum Gasteiger partial charge on any atom is 0.340 e. The van der Waals surface area contributed by atoms with Crippen LogP contribution < -0.4 is 10.1 Å². The summed E-state index contributed by atoms with van der Waals surface area (Å²) in [5.41, 5.74) is 0.285. The molecular weight excluding hydrogens is 272 g/mol. The molecule has 100 valence electrons. The van der Waals surface area contributed by atoms with Crippen LogP contribution in [0, 0.1) is 0 Å². The lowest BCUT2D eigenvalue weighted by Crippen LogP contribution is -2.13. The molecule has 0 radical (unpaired) electrons. The molecule has 0 aliphatic carbocycles. The van der Waals surface area contributed by atoms with Gasteiger partial charge in [-0.2, -0.15) is 0 Å². The van der Waals surface area contributed by atoms with Crippen molar-refractivity contribution in [3.63, 3.8) is 0 Å². The van der Waals surface area contributed by atoms with Gasteiger partial charge >= 0.3 is 5.97 Å². The van der Waals surface area contributed by atoms with Crippen molar-refractivity contribution in [1.82, 2.24) is 5.16 Å². The van der Waals surface area contributed by atoms with Crippen molar-refractivity contribution in [3.05, 3.63) is 28.8 Å². The average molecular weight is 282 g/mol. The molecule has 0 saturated heterocycles. The number of methoxy groups -OCH3 is 2. The third-order valence-electron chi connectivity index (χ3n) is 2.22. The van der Waals surface area contributed by atoms with Gasteiger partial charge in [-0.15, -0.1) is 11.3 Å². The minimum Gasteiger partial charge on any atom is -0.479 e. The second kappa shape index (κ2) is 5.53. The molecule has 0 aromatic carbocycles. The molecule has 0 bridgehead atoms. The number of anilines is 1. The van der Waals surface area contributed by atoms with Crippen LogP contribution in [0.25, 0.3) is 0 Å². The molecule has 0 spiro atoms. The van der Waals surface area contributed by atoms with E-state index in [0.717, 1.165) is 0 Å². The number of ether oxygens (including phenoxy) is 2. The number of nitrogens with zero attached hydrogens (tertiary/aromatic N) is 1. The summed E-state index contributed by atoms with van der Waals surface area (Å²) < 4.78 is 14.2. The zero-order valence-corrected chi connectivity index (χ0v) is 10.9. The lowest BCUT2D eigenvalue weighted by atomic mass is 10.3. The summed E-state index contributed by atoms with van der Waals surface area (Å²) >= 11 is 1.20. The Balaban J connectivity index is 2.15. The van der Waals surface area contributed by atoms with Crippen LogP contribution in [0.5, 0.6) is 5.88 Å². The van der Waals surface area contributed by atoms with Crippen molar-refractivity contribution in [2.45, 2.75) is 0 Å². The summed E-state index contributed by atoms with van der Waals surface area (Å²) in [5.74, 6) is -0.860. The van der Waals surface area contributed by atoms with E-state index in [1.54, 1.807) is 11.4 Å². The number of aromatic nitrogens is 1. The average Bonchev–Trinajstić information content (AvgIpc) is 3.06. The molecule has 2 aromatic heterocycles. The first-order valence-electron chi connectivity index (χ1n) is 5.13. The highest BCUT2D eigenvalue weighted by atomic mass is 32.1. The quantitative estimate of drug-likeness (QED) is 0.860. The number of hydrogen-bond donors (Lipinski definition) is 1. The van der Waals surface area contributed by atoms with Crippen molar-refractivity contribution >= 4 is 28.2 Å². The fourth-order valence-electron chi connectivity index (χ4n) is 1.30. The summed E-state index contributed by atoms with van der Waals surface area (Å²) in [4.78, 5) is 23.3. The van der Waals surface area contributed by atoms with Gasteiger partial charge < -0.3 is 19.3 Å². The van der Waals surface area contributed by atoms with Gasteiger partial charge in [-0.05, 0) is 16.6 Å². The van der Waals surface area contributed by atoms with Gasteiger partial charge in [-0.25, -0.2) is 4.79 Å². The standard InChI is InChI=1S/C11H10N2O5S/c1-16-8-5-7(18-13-8)9(14)12-10-6(3-4-19-10)11(15)17-2/h3-5H,1-2H3,(H,12,14). The number of hydrogen-bond acceptors (Lipinski definition) is 7. The van der Waals surface area contributed by atoms with Crippen LogP contribution in [0.2, 0.25) is 0 Å². The Labute approximate surface area is 112 Å². The minimum absolute atomic E-state index is 0.0129. The molecule has 0 aliphatic heterocycles. The number of nitrogens with one attached hydrogen (secondary N) is 1. The molecule has 19 heavy (non-hydrogen) atoms. The monoisotopic (exact) mass is 282 g/mol. The molecule has 0 atom stereocenters. The Hall–Kier alpha value is -2.35. The zero-order valence-electron chi connectivity index (χ0n) is 10.1. The molecule has 7 nitrogen and oxygen atoms in total. The highest BCUT2D eigenvalue weighted by Crippen LogP contribution is 2.25. The van der Waals surface area contributed by atoms with Gasteiger partial charge in [-0.3, -0.25) is 4.79 Å². The van der Waals surface area contributed by atoms with Gasteiger partial charge in [0.1, 0.15) is 5.00 Å². The van der Waals surface area contributed by atoms with Gasteiger partial charge in [0.15, 0.2) is 0 Å². The lowest BCUT2D eigenvalue weighted by molar-refractivity contribution is 0.0602. The van der Waals surface area contributed by atoms with Crippen molar-refractivity contribution in [2.24, 2.45) is 0 Å². The van der Waals surface area contributed by atoms with Crippen LogP contribution in [-0.2, 0) is 4.74 Å². The third-order valence-corrected chi connectivity index (χ3v) is 3.05. The van der Waals surface area contributed by atoms with E-state index in [1.165, 1.54) is 31.6 Å². The molecule has 2 rings (SSSR count). The van der Waals surface area contributed by atoms with Gasteiger partial charge in [0.25, 0.3) is 11.8 Å². The molecule has 0 unspecified atom stereocenters. The van der Waals surface area contributed by atoms with E-state index in [9.17, 15) is 9.59 Å².